The zero-order valence-corrected chi connectivity index (χ0v) is 11.6. The highest BCUT2D eigenvalue weighted by Gasteiger charge is 2.21. The summed E-state index contributed by atoms with van der Waals surface area (Å²) in [6, 6.07) is 3.28. The van der Waals surface area contributed by atoms with Gasteiger partial charge in [0.25, 0.3) is 0 Å². The van der Waals surface area contributed by atoms with Crippen LogP contribution in [0.4, 0.5) is 10.1 Å². The molecule has 7 heteroatoms. The third kappa shape index (κ3) is 5.10. The minimum atomic E-state index is -1.10. The van der Waals surface area contributed by atoms with Crippen molar-refractivity contribution in [3.05, 3.63) is 34.1 Å². The van der Waals surface area contributed by atoms with Gasteiger partial charge in [0.2, 0.25) is 5.82 Å². The van der Waals surface area contributed by atoms with Crippen LogP contribution >= 0.6 is 0 Å². The van der Waals surface area contributed by atoms with Crippen LogP contribution in [0.2, 0.25) is 0 Å². The predicted molar refractivity (Wildman–Crippen MR) is 72.3 cm³/mol. The summed E-state index contributed by atoms with van der Waals surface area (Å²) in [5, 5.41) is 23.6. The fourth-order valence-corrected chi connectivity index (χ4v) is 1.55. The number of nitro groups is 1. The molecule has 0 bridgehead atoms. The van der Waals surface area contributed by atoms with E-state index in [2.05, 4.69) is 5.32 Å². The summed E-state index contributed by atoms with van der Waals surface area (Å²) in [4.78, 5) is 9.67. The molecule has 1 aromatic rings. The standard InChI is InChI=1S/C13H19FN2O4/c1-3-6-15-8-13(2,17)9-20-10-4-5-12(16(18)19)11(14)7-10/h4-5,7,15,17H,3,6,8-9H2,1-2H3. The Hall–Kier alpha value is -1.73. The van der Waals surface area contributed by atoms with Crippen molar-refractivity contribution in [3.63, 3.8) is 0 Å². The summed E-state index contributed by atoms with van der Waals surface area (Å²) >= 11 is 0. The Morgan fingerprint density at radius 2 is 2.25 bits per heavy atom. The first-order valence-corrected chi connectivity index (χ1v) is 6.35. The van der Waals surface area contributed by atoms with E-state index < -0.39 is 22.0 Å². The van der Waals surface area contributed by atoms with Crippen LogP contribution in [0.15, 0.2) is 18.2 Å². The van der Waals surface area contributed by atoms with Crippen LogP contribution in [0.3, 0.4) is 0 Å². The van der Waals surface area contributed by atoms with Crippen molar-refractivity contribution >= 4 is 5.69 Å². The van der Waals surface area contributed by atoms with Gasteiger partial charge in [-0.3, -0.25) is 10.1 Å². The van der Waals surface area contributed by atoms with Crippen LogP contribution < -0.4 is 10.1 Å². The molecule has 0 heterocycles. The topological polar surface area (TPSA) is 84.6 Å². The average molecular weight is 286 g/mol. The summed E-state index contributed by atoms with van der Waals surface area (Å²) in [6.45, 7) is 4.69. The van der Waals surface area contributed by atoms with Gasteiger partial charge in [-0.25, -0.2) is 0 Å². The molecule has 0 fully saturated rings. The number of halogens is 1. The van der Waals surface area contributed by atoms with Gasteiger partial charge < -0.3 is 15.2 Å². The number of aliphatic hydroxyl groups is 1. The third-order valence-electron chi connectivity index (χ3n) is 2.60. The normalized spacial score (nSPS) is 13.8. The smallest absolute Gasteiger partial charge is 0.305 e. The van der Waals surface area contributed by atoms with Gasteiger partial charge in [0.1, 0.15) is 18.0 Å². The predicted octanol–water partition coefficient (Wildman–Crippen LogP) is 1.86. The van der Waals surface area contributed by atoms with E-state index in [1.807, 2.05) is 6.92 Å². The van der Waals surface area contributed by atoms with Crippen molar-refractivity contribution in [2.45, 2.75) is 25.9 Å². The molecule has 1 rings (SSSR count). The molecular weight excluding hydrogens is 267 g/mol. The molecule has 20 heavy (non-hydrogen) atoms. The zero-order valence-electron chi connectivity index (χ0n) is 11.6. The van der Waals surface area contributed by atoms with E-state index in [-0.39, 0.29) is 12.4 Å². The molecule has 2 N–H and O–H groups in total. The van der Waals surface area contributed by atoms with Crippen molar-refractivity contribution in [1.82, 2.24) is 5.32 Å². The lowest BCUT2D eigenvalue weighted by Crippen LogP contribution is -2.43. The molecule has 0 aromatic heterocycles. The molecule has 0 radical (unpaired) electrons. The summed E-state index contributed by atoms with van der Waals surface area (Å²) in [7, 11) is 0. The van der Waals surface area contributed by atoms with Crippen LogP contribution in [-0.4, -0.2) is 35.3 Å². The van der Waals surface area contributed by atoms with E-state index in [1.54, 1.807) is 6.92 Å². The fraction of sp³-hybridized carbons (Fsp3) is 0.538. The number of ether oxygens (including phenoxy) is 1. The second-order valence-electron chi connectivity index (χ2n) is 4.83. The van der Waals surface area contributed by atoms with Crippen LogP contribution in [-0.2, 0) is 0 Å². The zero-order chi connectivity index (χ0) is 15.2. The van der Waals surface area contributed by atoms with Gasteiger partial charge in [0.05, 0.1) is 4.92 Å². The molecule has 112 valence electrons. The molecule has 0 saturated heterocycles. The molecule has 1 atom stereocenters. The lowest BCUT2D eigenvalue weighted by Gasteiger charge is -2.23. The van der Waals surface area contributed by atoms with E-state index in [1.165, 1.54) is 6.07 Å². The van der Waals surface area contributed by atoms with Gasteiger partial charge in [-0.1, -0.05) is 6.92 Å². The fourth-order valence-electron chi connectivity index (χ4n) is 1.55. The van der Waals surface area contributed by atoms with Gasteiger partial charge in [0, 0.05) is 18.7 Å². The number of rotatable bonds is 8. The number of nitrogens with zero attached hydrogens (tertiary/aromatic N) is 1. The van der Waals surface area contributed by atoms with Crippen LogP contribution in [0.25, 0.3) is 0 Å². The first-order chi connectivity index (χ1) is 9.35. The molecule has 0 aliphatic heterocycles. The molecule has 6 nitrogen and oxygen atoms in total. The number of hydrogen-bond donors (Lipinski definition) is 2. The van der Waals surface area contributed by atoms with E-state index >= 15 is 0 Å². The van der Waals surface area contributed by atoms with E-state index in [0.29, 0.717) is 6.54 Å². The molecule has 0 spiro atoms. The van der Waals surface area contributed by atoms with E-state index in [0.717, 1.165) is 25.1 Å². The molecule has 0 amide bonds. The maximum atomic E-state index is 13.4. The highest BCUT2D eigenvalue weighted by atomic mass is 19.1. The lowest BCUT2D eigenvalue weighted by atomic mass is 10.1. The van der Waals surface area contributed by atoms with Crippen molar-refractivity contribution in [1.29, 1.82) is 0 Å². The maximum Gasteiger partial charge on any atom is 0.305 e. The number of benzene rings is 1. The first-order valence-electron chi connectivity index (χ1n) is 6.35. The molecule has 0 saturated carbocycles. The average Bonchev–Trinajstić information content (AvgIpc) is 2.36. The van der Waals surface area contributed by atoms with Gasteiger partial charge >= 0.3 is 5.69 Å². The highest BCUT2D eigenvalue weighted by molar-refractivity contribution is 5.37. The monoisotopic (exact) mass is 286 g/mol. The molecule has 1 unspecified atom stereocenters. The van der Waals surface area contributed by atoms with Crippen LogP contribution in [0, 0.1) is 15.9 Å². The first kappa shape index (κ1) is 16.3. The van der Waals surface area contributed by atoms with Crippen molar-refractivity contribution in [2.24, 2.45) is 0 Å². The van der Waals surface area contributed by atoms with Gasteiger partial charge in [-0.2, -0.15) is 4.39 Å². The van der Waals surface area contributed by atoms with Gasteiger partial charge in [0.15, 0.2) is 0 Å². The summed E-state index contributed by atoms with van der Waals surface area (Å²) < 4.78 is 18.6. The number of nitro benzene ring substituents is 1. The Kier molecular flexibility index (Phi) is 5.84. The summed E-state index contributed by atoms with van der Waals surface area (Å²) in [5.41, 5.74) is -1.71. The van der Waals surface area contributed by atoms with Gasteiger partial charge in [-0.05, 0) is 26.0 Å². The minimum Gasteiger partial charge on any atom is -0.490 e. The largest absolute Gasteiger partial charge is 0.490 e. The number of hydrogen-bond acceptors (Lipinski definition) is 5. The third-order valence-corrected chi connectivity index (χ3v) is 2.60. The molecule has 0 aliphatic carbocycles. The number of nitrogens with one attached hydrogen (secondary N) is 1. The second-order valence-corrected chi connectivity index (χ2v) is 4.83. The Morgan fingerprint density at radius 1 is 1.55 bits per heavy atom. The Labute approximate surface area is 116 Å². The molecular formula is C13H19FN2O4. The van der Waals surface area contributed by atoms with Crippen LogP contribution in [0.1, 0.15) is 20.3 Å². The maximum absolute atomic E-state index is 13.4. The van der Waals surface area contributed by atoms with E-state index in [9.17, 15) is 19.6 Å². The second kappa shape index (κ2) is 7.16. The van der Waals surface area contributed by atoms with Crippen molar-refractivity contribution < 1.29 is 19.2 Å². The highest BCUT2D eigenvalue weighted by Crippen LogP contribution is 2.22. The lowest BCUT2D eigenvalue weighted by molar-refractivity contribution is -0.387. The van der Waals surface area contributed by atoms with Crippen molar-refractivity contribution in [3.8, 4) is 5.75 Å². The summed E-state index contributed by atoms with van der Waals surface area (Å²) in [5.74, 6) is -0.819. The quantitative estimate of drug-likeness (QED) is 0.433. The Balaban J connectivity index is 2.57. The minimum absolute atomic E-state index is 0.0407. The SMILES string of the molecule is CCCNCC(C)(O)COc1ccc([N+](=O)[O-])c(F)c1. The van der Waals surface area contributed by atoms with Crippen LogP contribution in [0.5, 0.6) is 5.75 Å². The van der Waals surface area contributed by atoms with Crippen molar-refractivity contribution in [2.75, 3.05) is 19.7 Å². The Morgan fingerprint density at radius 3 is 2.80 bits per heavy atom. The summed E-state index contributed by atoms with van der Waals surface area (Å²) in [6.07, 6.45) is 0.949. The van der Waals surface area contributed by atoms with E-state index in [4.69, 9.17) is 4.74 Å². The molecule has 1 aromatic carbocycles. The Bertz CT molecular complexity index is 466. The van der Waals surface area contributed by atoms with Gasteiger partial charge in [-0.15, -0.1) is 0 Å². The molecule has 0 aliphatic rings.